The Morgan fingerprint density at radius 1 is 0.455 bits per heavy atom. The number of aromatic amines is 3. The largest absolute Gasteiger partial charge is 0.381 e. The SMILES string of the molecule is C=C1C=C(c2ccc(-c3cc[nH]c(=O)c3)nc2C(C)C)C=CN1.C=C1NCc2c1cccc2-c1ccc(C#CC(C)(C)O)nc1C(C)C.CC(C)c1nc(-c2cc[nH]c(=O)c2)ccc1-c1ccc2c(c1)C(=O)CC2.CC(C)c1nc(-c2cn[nH]n2)ccc1-c1cnc2c(c1)C=CC2.CC(C)c1nc(C#CC(C)(C)O)ccc1-c1cnc2c(c1)C=CC2. The molecule has 5 aliphatic rings. The summed E-state index contributed by atoms with van der Waals surface area (Å²) in [6.45, 7) is 36.8. The van der Waals surface area contributed by atoms with Crippen LogP contribution >= 0.6 is 0 Å². The number of aryl methyl sites for hydroxylation is 1. The summed E-state index contributed by atoms with van der Waals surface area (Å²) in [5.74, 6) is 13.2. The first kappa shape index (κ1) is 85.2. The fourth-order valence-corrected chi connectivity index (χ4v) is 14.8. The van der Waals surface area contributed by atoms with Crippen molar-refractivity contribution < 1.29 is 15.0 Å². The van der Waals surface area contributed by atoms with Gasteiger partial charge in [0.05, 0.1) is 63.1 Å². The average Bonchev–Trinajstić information content (AvgIpc) is 1.67. The molecule has 0 saturated heterocycles. The van der Waals surface area contributed by atoms with Crippen LogP contribution in [0.1, 0.15) is 228 Å². The summed E-state index contributed by atoms with van der Waals surface area (Å²) in [4.78, 5) is 73.6. The molecule has 0 spiro atoms. The van der Waals surface area contributed by atoms with E-state index in [1.54, 1.807) is 58.4 Å². The van der Waals surface area contributed by atoms with Crippen LogP contribution in [0.25, 0.3) is 102 Å². The summed E-state index contributed by atoms with van der Waals surface area (Å²) in [7, 11) is 0. The second kappa shape index (κ2) is 37.1. The van der Waals surface area contributed by atoms with Crippen molar-refractivity contribution in [3.05, 3.63) is 325 Å². The fourth-order valence-electron chi connectivity index (χ4n) is 14.8. The molecule has 0 saturated carbocycles. The number of hydrogen-bond acceptors (Lipinski definition) is 16. The van der Waals surface area contributed by atoms with Gasteiger partial charge in [0, 0.05) is 142 Å². The Balaban J connectivity index is 0.000000131. The van der Waals surface area contributed by atoms with Crippen molar-refractivity contribution in [3.8, 4) is 102 Å². The van der Waals surface area contributed by atoms with Crippen LogP contribution in [0.2, 0.25) is 0 Å². The number of pyridine rings is 9. The molecule has 10 aromatic heterocycles. The third-order valence-corrected chi connectivity index (χ3v) is 20.8. The number of nitrogens with one attached hydrogen (secondary N) is 5. The fraction of sp³-hybridized carbons (Fsp3) is 0.255. The molecule has 0 bridgehead atoms. The van der Waals surface area contributed by atoms with Crippen LogP contribution in [0.4, 0.5) is 0 Å². The molecular formula is C102H102N14O5. The molecule has 19 nitrogen and oxygen atoms in total. The molecule has 12 heterocycles. The smallest absolute Gasteiger partial charge is 0.248 e. The minimum absolute atomic E-state index is 0.125. The molecule has 2 aromatic carbocycles. The first-order chi connectivity index (χ1) is 57.9. The van der Waals surface area contributed by atoms with Gasteiger partial charge in [0.25, 0.3) is 0 Å². The van der Waals surface area contributed by atoms with Crippen LogP contribution in [0, 0.1) is 23.7 Å². The highest BCUT2D eigenvalue weighted by atomic mass is 16.3. The summed E-state index contributed by atoms with van der Waals surface area (Å²) in [5, 5.41) is 36.6. The standard InChI is InChI=1S/C22H20N2O2.C22H24N2O.C21H22N2O.C19H19N3O.C18H17N5/c1-13(2)22-17(15-4-3-14-5-8-20(25)18(14)11-15)6-7-19(24-22)16-9-10-23-21(26)12-16;1-14(2)21-19(10-9-16(24-21)11-12-22(4,5)25)18-8-6-7-17-15(3)23-13-20(17)18;1-14(2)20-18(9-8-17(23-20)10-11-21(3,4)24)16-12-15-6-5-7-19(15)22-13-16;1-12(2)19-16(14-6-8-20-13(3)10-14)4-5-17(22-19)15-7-9-21-18(23)11-15;1-11(2)18-14(6-7-16(21-18)17-10-20-23-22-17)13-8-12-4-3-5-15(12)19-9-13/h3-4,6-7,9-13H,5,8H2,1-2H3,(H,23,26);6-10,14,23,25H,3,13H2,1-2,4-5H3;5-6,8-9,12-14,24H,7H2,1-4H3;4-12,20H,3H2,1-2H3,(H,21,23);3-4,6-11H,5H2,1-2H3,(H,20,22,23). The van der Waals surface area contributed by atoms with Crippen LogP contribution in [0.5, 0.6) is 0 Å². The molecule has 3 aliphatic carbocycles. The number of allylic oxidation sites excluding steroid dienone is 5. The van der Waals surface area contributed by atoms with Gasteiger partial charge in [0.1, 0.15) is 28.3 Å². The highest BCUT2D eigenvalue weighted by Crippen LogP contribution is 2.40. The Kier molecular flexibility index (Phi) is 26.1. The van der Waals surface area contributed by atoms with E-state index in [9.17, 15) is 24.6 Å². The van der Waals surface area contributed by atoms with Gasteiger partial charge in [-0.1, -0.05) is 167 Å². The Hall–Kier alpha value is -13.7. The summed E-state index contributed by atoms with van der Waals surface area (Å²) >= 11 is 0. The maximum Gasteiger partial charge on any atom is 0.248 e. The highest BCUT2D eigenvalue weighted by molar-refractivity contribution is 6.01. The van der Waals surface area contributed by atoms with E-state index in [1.807, 2.05) is 85.3 Å². The minimum atomic E-state index is -1.02. The number of Topliss-reactive ketones (excluding diaryl/α,β-unsaturated/α-hetero) is 1. The molecule has 0 radical (unpaired) electrons. The maximum absolute atomic E-state index is 12.1. The van der Waals surface area contributed by atoms with Crippen molar-refractivity contribution in [2.45, 2.75) is 170 Å². The summed E-state index contributed by atoms with van der Waals surface area (Å²) < 4.78 is 0. The lowest BCUT2D eigenvalue weighted by Crippen LogP contribution is -2.14. The van der Waals surface area contributed by atoms with E-state index >= 15 is 0 Å². The molecule has 12 aromatic rings. The quantitative estimate of drug-likeness (QED) is 0.0528. The van der Waals surface area contributed by atoms with Gasteiger partial charge in [-0.25, -0.2) is 9.97 Å². The molecule has 0 unspecified atom stereocenters. The summed E-state index contributed by atoms with van der Waals surface area (Å²) in [6, 6.07) is 43.7. The first-order valence-corrected chi connectivity index (χ1v) is 41.1. The van der Waals surface area contributed by atoms with Crippen molar-refractivity contribution in [2.24, 2.45) is 0 Å². The Morgan fingerprint density at radius 2 is 0.942 bits per heavy atom. The van der Waals surface area contributed by atoms with E-state index in [0.717, 1.165) is 172 Å². The number of ketones is 1. The summed E-state index contributed by atoms with van der Waals surface area (Å²) in [6.07, 6.45) is 26.6. The molecule has 19 heteroatoms. The van der Waals surface area contributed by atoms with Crippen molar-refractivity contribution in [1.82, 2.24) is 70.9 Å². The van der Waals surface area contributed by atoms with E-state index in [1.165, 1.54) is 27.8 Å². The van der Waals surface area contributed by atoms with E-state index in [0.29, 0.717) is 23.7 Å². The lowest BCUT2D eigenvalue weighted by atomic mass is 9.92. The molecule has 0 fully saturated rings. The number of benzene rings is 2. The van der Waals surface area contributed by atoms with Crippen LogP contribution in [0.15, 0.2) is 223 Å². The van der Waals surface area contributed by atoms with E-state index in [4.69, 9.17) is 24.9 Å². The molecule has 121 heavy (non-hydrogen) atoms. The normalized spacial score (nSPS) is 13.2. The van der Waals surface area contributed by atoms with Gasteiger partial charge in [0.15, 0.2) is 5.78 Å². The van der Waals surface area contributed by atoms with Gasteiger partial charge in [-0.05, 0) is 199 Å². The van der Waals surface area contributed by atoms with Gasteiger partial charge in [-0.2, -0.15) is 15.4 Å². The predicted molar refractivity (Wildman–Crippen MR) is 486 cm³/mol. The van der Waals surface area contributed by atoms with Gasteiger partial charge in [-0.3, -0.25) is 39.3 Å². The second-order valence-corrected chi connectivity index (χ2v) is 33.1. The van der Waals surface area contributed by atoms with Crippen LogP contribution in [-0.2, 0) is 25.8 Å². The molecule has 7 N–H and O–H groups in total. The van der Waals surface area contributed by atoms with Crippen molar-refractivity contribution >= 4 is 29.2 Å². The molecule has 2 aliphatic heterocycles. The van der Waals surface area contributed by atoms with Gasteiger partial charge in [0.2, 0.25) is 11.1 Å². The topological polar surface area (TPSA) is 279 Å². The number of carbonyl (C=O) groups is 1. The number of fused-ring (bicyclic) bond motifs is 4. The maximum atomic E-state index is 12.1. The Morgan fingerprint density at radius 3 is 1.46 bits per heavy atom. The zero-order valence-corrected chi connectivity index (χ0v) is 71.1. The van der Waals surface area contributed by atoms with Crippen LogP contribution in [0.3, 0.4) is 0 Å². The predicted octanol–water partition coefficient (Wildman–Crippen LogP) is 19.6. The molecule has 0 amide bonds. The zero-order valence-electron chi connectivity index (χ0n) is 71.1. The van der Waals surface area contributed by atoms with Crippen molar-refractivity contribution in [1.29, 1.82) is 0 Å². The third-order valence-electron chi connectivity index (χ3n) is 20.8. The number of rotatable bonds is 13. The minimum Gasteiger partial charge on any atom is -0.381 e. The van der Waals surface area contributed by atoms with Crippen molar-refractivity contribution in [3.63, 3.8) is 0 Å². The number of carbonyl (C=O) groups excluding carboxylic acids is 1. The Labute approximate surface area is 707 Å². The first-order valence-electron chi connectivity index (χ1n) is 41.1. The number of nitrogens with zero attached hydrogens (tertiary/aromatic N) is 9. The van der Waals surface area contributed by atoms with Crippen molar-refractivity contribution in [2.75, 3.05) is 0 Å². The highest BCUT2D eigenvalue weighted by Gasteiger charge is 2.26. The second-order valence-electron chi connectivity index (χ2n) is 33.1. The van der Waals surface area contributed by atoms with Gasteiger partial charge >= 0.3 is 0 Å². The van der Waals surface area contributed by atoms with Crippen LogP contribution < -0.4 is 21.8 Å². The van der Waals surface area contributed by atoms with Gasteiger partial charge in [-0.15, -0.1) is 0 Å². The molecular weight excluding hydrogens is 1500 g/mol. The van der Waals surface area contributed by atoms with E-state index in [2.05, 4.69) is 243 Å². The monoisotopic (exact) mass is 1600 g/mol. The lowest BCUT2D eigenvalue weighted by Gasteiger charge is -2.17. The lowest BCUT2D eigenvalue weighted by molar-refractivity contribution is 0.0994. The Bertz CT molecular complexity index is 6350. The number of dihydropyridines is 1. The van der Waals surface area contributed by atoms with Gasteiger partial charge < -0.3 is 30.8 Å². The average molecular weight is 1600 g/mol. The number of aliphatic hydroxyl groups is 2. The number of aromatic nitrogens is 12. The zero-order chi connectivity index (χ0) is 86.0. The van der Waals surface area contributed by atoms with E-state index < -0.39 is 11.2 Å². The molecule has 17 rings (SSSR count). The molecule has 610 valence electrons. The number of hydrogen-bond donors (Lipinski definition) is 7. The van der Waals surface area contributed by atoms with E-state index in [-0.39, 0.29) is 40.6 Å². The molecule has 0 atom stereocenters. The van der Waals surface area contributed by atoms with Crippen LogP contribution in [-0.4, -0.2) is 87.5 Å². The summed E-state index contributed by atoms with van der Waals surface area (Å²) in [5.41, 5.74) is 30.8. The number of H-pyrrole nitrogens is 3. The third kappa shape index (κ3) is 20.9.